The first kappa shape index (κ1) is 14.4. The standard InChI is InChI=1S/C12H16F2N2.ClH/c13-10-4-9(5-11(14)6-10)8-16-3-1-2-12(16)7-15;/h4-6,12H,1-3,7-8,15H2;1H. The van der Waals surface area contributed by atoms with E-state index in [1.165, 1.54) is 12.1 Å². The maximum atomic E-state index is 13.0. The van der Waals surface area contributed by atoms with Gasteiger partial charge >= 0.3 is 0 Å². The Morgan fingerprint density at radius 3 is 2.47 bits per heavy atom. The minimum Gasteiger partial charge on any atom is -0.329 e. The molecule has 1 saturated heterocycles. The molecule has 0 bridgehead atoms. The van der Waals surface area contributed by atoms with Crippen LogP contribution in [0.4, 0.5) is 8.78 Å². The second-order valence-electron chi connectivity index (χ2n) is 4.28. The van der Waals surface area contributed by atoms with E-state index in [0.717, 1.165) is 25.5 Å². The van der Waals surface area contributed by atoms with Crippen LogP contribution >= 0.6 is 12.4 Å². The summed E-state index contributed by atoms with van der Waals surface area (Å²) in [5.74, 6) is -1.03. The van der Waals surface area contributed by atoms with Crippen molar-refractivity contribution in [2.24, 2.45) is 5.73 Å². The van der Waals surface area contributed by atoms with Crippen LogP contribution in [-0.2, 0) is 6.54 Å². The largest absolute Gasteiger partial charge is 0.329 e. The topological polar surface area (TPSA) is 29.3 Å². The maximum absolute atomic E-state index is 13.0. The zero-order chi connectivity index (χ0) is 11.5. The lowest BCUT2D eigenvalue weighted by atomic mass is 10.1. The smallest absolute Gasteiger partial charge is 0.126 e. The van der Waals surface area contributed by atoms with Gasteiger partial charge in [-0.15, -0.1) is 12.4 Å². The molecule has 1 heterocycles. The molecule has 1 unspecified atom stereocenters. The van der Waals surface area contributed by atoms with Crippen molar-refractivity contribution >= 4 is 12.4 Å². The number of halogens is 3. The summed E-state index contributed by atoms with van der Waals surface area (Å²) in [5.41, 5.74) is 6.33. The van der Waals surface area contributed by atoms with Crippen LogP contribution in [0.2, 0.25) is 0 Å². The van der Waals surface area contributed by atoms with Crippen LogP contribution in [0.15, 0.2) is 18.2 Å². The summed E-state index contributed by atoms with van der Waals surface area (Å²) >= 11 is 0. The summed E-state index contributed by atoms with van der Waals surface area (Å²) in [6.45, 7) is 2.15. The number of rotatable bonds is 3. The summed E-state index contributed by atoms with van der Waals surface area (Å²) in [5, 5.41) is 0. The van der Waals surface area contributed by atoms with Crippen molar-refractivity contribution in [1.29, 1.82) is 0 Å². The highest BCUT2D eigenvalue weighted by Gasteiger charge is 2.23. The number of nitrogens with zero attached hydrogens (tertiary/aromatic N) is 1. The summed E-state index contributed by atoms with van der Waals surface area (Å²) < 4.78 is 26.0. The highest BCUT2D eigenvalue weighted by molar-refractivity contribution is 5.85. The van der Waals surface area contributed by atoms with E-state index in [2.05, 4.69) is 4.90 Å². The zero-order valence-electron chi connectivity index (χ0n) is 9.53. The molecule has 1 aromatic carbocycles. The van der Waals surface area contributed by atoms with Gasteiger partial charge < -0.3 is 5.73 Å². The monoisotopic (exact) mass is 262 g/mol. The average molecular weight is 263 g/mol. The molecule has 2 nitrogen and oxygen atoms in total. The molecule has 0 saturated carbocycles. The zero-order valence-corrected chi connectivity index (χ0v) is 10.4. The lowest BCUT2D eigenvalue weighted by Gasteiger charge is -2.23. The molecule has 2 N–H and O–H groups in total. The molecule has 0 amide bonds. The quantitative estimate of drug-likeness (QED) is 0.906. The predicted molar refractivity (Wildman–Crippen MR) is 66.1 cm³/mol. The fourth-order valence-electron chi connectivity index (χ4n) is 2.31. The summed E-state index contributed by atoms with van der Waals surface area (Å²) in [6, 6.07) is 4.02. The summed E-state index contributed by atoms with van der Waals surface area (Å²) in [7, 11) is 0. The Morgan fingerprint density at radius 1 is 1.24 bits per heavy atom. The molecule has 1 aliphatic rings. The van der Waals surface area contributed by atoms with Crippen LogP contribution in [-0.4, -0.2) is 24.0 Å². The number of likely N-dealkylation sites (tertiary alicyclic amines) is 1. The molecule has 96 valence electrons. The second kappa shape index (κ2) is 6.28. The molecule has 0 aliphatic carbocycles. The van der Waals surface area contributed by atoms with Crippen molar-refractivity contribution in [2.45, 2.75) is 25.4 Å². The predicted octanol–water partition coefficient (Wildman–Crippen LogP) is 2.31. The van der Waals surface area contributed by atoms with Crippen LogP contribution in [0.1, 0.15) is 18.4 Å². The Kier molecular flexibility index (Phi) is 5.31. The molecule has 0 spiro atoms. The normalized spacial score (nSPS) is 20.3. The molecular weight excluding hydrogens is 246 g/mol. The van der Waals surface area contributed by atoms with E-state index in [1.807, 2.05) is 0 Å². The third-order valence-electron chi connectivity index (χ3n) is 3.08. The Bertz CT molecular complexity index is 353. The van der Waals surface area contributed by atoms with Crippen LogP contribution in [0.5, 0.6) is 0 Å². The maximum Gasteiger partial charge on any atom is 0.126 e. The van der Waals surface area contributed by atoms with E-state index in [-0.39, 0.29) is 12.4 Å². The van der Waals surface area contributed by atoms with Crippen LogP contribution < -0.4 is 5.73 Å². The Morgan fingerprint density at radius 2 is 1.88 bits per heavy atom. The van der Waals surface area contributed by atoms with Crippen molar-refractivity contribution in [2.75, 3.05) is 13.1 Å². The van der Waals surface area contributed by atoms with E-state index in [1.54, 1.807) is 0 Å². The molecule has 0 radical (unpaired) electrons. The van der Waals surface area contributed by atoms with E-state index < -0.39 is 11.6 Å². The van der Waals surface area contributed by atoms with E-state index in [0.29, 0.717) is 24.7 Å². The molecule has 1 fully saturated rings. The first-order valence-corrected chi connectivity index (χ1v) is 5.58. The van der Waals surface area contributed by atoms with E-state index in [9.17, 15) is 8.78 Å². The lowest BCUT2D eigenvalue weighted by Crippen LogP contribution is -2.34. The van der Waals surface area contributed by atoms with Crippen molar-refractivity contribution < 1.29 is 8.78 Å². The van der Waals surface area contributed by atoms with Gasteiger partial charge in [0, 0.05) is 25.2 Å². The first-order valence-electron chi connectivity index (χ1n) is 5.58. The fourth-order valence-corrected chi connectivity index (χ4v) is 2.31. The molecule has 2 rings (SSSR count). The van der Waals surface area contributed by atoms with Gasteiger partial charge in [0.25, 0.3) is 0 Å². The second-order valence-corrected chi connectivity index (χ2v) is 4.28. The van der Waals surface area contributed by atoms with Gasteiger partial charge in [-0.2, -0.15) is 0 Å². The summed E-state index contributed by atoms with van der Waals surface area (Å²) in [6.07, 6.45) is 2.19. The Balaban J connectivity index is 0.00000144. The number of benzene rings is 1. The Hall–Kier alpha value is -0.710. The molecule has 1 atom stereocenters. The van der Waals surface area contributed by atoms with Crippen molar-refractivity contribution in [3.8, 4) is 0 Å². The van der Waals surface area contributed by atoms with Crippen molar-refractivity contribution in [3.05, 3.63) is 35.4 Å². The third kappa shape index (κ3) is 3.63. The van der Waals surface area contributed by atoms with Gasteiger partial charge in [-0.3, -0.25) is 4.90 Å². The number of hydrogen-bond donors (Lipinski definition) is 1. The molecule has 17 heavy (non-hydrogen) atoms. The van der Waals surface area contributed by atoms with Gasteiger partial charge in [0.05, 0.1) is 0 Å². The molecule has 1 aliphatic heterocycles. The van der Waals surface area contributed by atoms with Crippen LogP contribution in [0.3, 0.4) is 0 Å². The number of nitrogens with two attached hydrogens (primary N) is 1. The first-order chi connectivity index (χ1) is 7.69. The SMILES string of the molecule is Cl.NCC1CCCN1Cc1cc(F)cc(F)c1. The lowest BCUT2D eigenvalue weighted by molar-refractivity contribution is 0.249. The average Bonchev–Trinajstić information content (AvgIpc) is 2.63. The highest BCUT2D eigenvalue weighted by atomic mass is 35.5. The van der Waals surface area contributed by atoms with E-state index in [4.69, 9.17) is 5.73 Å². The minimum absolute atomic E-state index is 0. The minimum atomic E-state index is -0.515. The van der Waals surface area contributed by atoms with Gasteiger partial charge in [-0.1, -0.05) is 0 Å². The van der Waals surface area contributed by atoms with E-state index >= 15 is 0 Å². The fraction of sp³-hybridized carbons (Fsp3) is 0.500. The summed E-state index contributed by atoms with van der Waals surface area (Å²) in [4.78, 5) is 2.19. The number of hydrogen-bond acceptors (Lipinski definition) is 2. The Labute approximate surface area is 106 Å². The molecule has 5 heteroatoms. The van der Waals surface area contributed by atoms with Gasteiger partial charge in [0.15, 0.2) is 0 Å². The molecular formula is C12H17ClF2N2. The van der Waals surface area contributed by atoms with Gasteiger partial charge in [0.1, 0.15) is 11.6 Å². The van der Waals surface area contributed by atoms with Crippen LogP contribution in [0.25, 0.3) is 0 Å². The van der Waals surface area contributed by atoms with Gasteiger partial charge in [-0.05, 0) is 37.1 Å². The third-order valence-corrected chi connectivity index (χ3v) is 3.08. The van der Waals surface area contributed by atoms with Crippen molar-refractivity contribution in [1.82, 2.24) is 4.90 Å². The van der Waals surface area contributed by atoms with Gasteiger partial charge in [0.2, 0.25) is 0 Å². The van der Waals surface area contributed by atoms with Crippen molar-refractivity contribution in [3.63, 3.8) is 0 Å². The molecule has 1 aromatic rings. The molecule has 0 aromatic heterocycles. The highest BCUT2D eigenvalue weighted by Crippen LogP contribution is 2.20. The van der Waals surface area contributed by atoms with Gasteiger partial charge in [-0.25, -0.2) is 8.78 Å². The van der Waals surface area contributed by atoms with Crippen LogP contribution in [0, 0.1) is 11.6 Å².